The van der Waals surface area contributed by atoms with Crippen molar-refractivity contribution >= 4 is 0 Å². The van der Waals surface area contributed by atoms with Crippen LogP contribution in [0.3, 0.4) is 0 Å². The Morgan fingerprint density at radius 3 is 2.61 bits per heavy atom. The Hall–Kier alpha value is -1.68. The largest absolute Gasteiger partial charge is 0.314 e. The zero-order valence-corrected chi connectivity index (χ0v) is 11.2. The summed E-state index contributed by atoms with van der Waals surface area (Å²) >= 11 is 0. The third-order valence-corrected chi connectivity index (χ3v) is 2.79. The minimum atomic E-state index is 0.506. The maximum Gasteiger partial charge on any atom is 0.181 e. The van der Waals surface area contributed by atoms with Gasteiger partial charge in [0.15, 0.2) is 5.82 Å². The van der Waals surface area contributed by atoms with Crippen LogP contribution in [-0.4, -0.2) is 27.4 Å². The molecule has 0 atom stereocenters. The Bertz CT molecular complexity index is 488. The first-order valence-corrected chi connectivity index (χ1v) is 6.35. The molecule has 1 heterocycles. The molecular formula is C14H20N4. The molecule has 0 aliphatic rings. The number of nitrogens with zero attached hydrogens (tertiary/aromatic N) is 3. The van der Waals surface area contributed by atoms with E-state index in [4.69, 9.17) is 0 Å². The van der Waals surface area contributed by atoms with Gasteiger partial charge in [0.05, 0.1) is 0 Å². The van der Waals surface area contributed by atoms with Crippen molar-refractivity contribution in [3.8, 4) is 11.4 Å². The molecule has 0 saturated carbocycles. The van der Waals surface area contributed by atoms with E-state index in [1.807, 2.05) is 42.1 Å². The van der Waals surface area contributed by atoms with Crippen molar-refractivity contribution in [3.63, 3.8) is 0 Å². The lowest BCUT2D eigenvalue weighted by Crippen LogP contribution is -2.25. The Kier molecular flexibility index (Phi) is 4.10. The summed E-state index contributed by atoms with van der Waals surface area (Å²) in [5.74, 6) is 1.82. The molecule has 96 valence electrons. The Balaban J connectivity index is 2.08. The molecule has 0 spiro atoms. The molecule has 0 saturated heterocycles. The van der Waals surface area contributed by atoms with Crippen LogP contribution in [0.4, 0.5) is 0 Å². The summed E-state index contributed by atoms with van der Waals surface area (Å²) in [6.45, 7) is 5.22. The first-order valence-electron chi connectivity index (χ1n) is 6.35. The Morgan fingerprint density at radius 2 is 1.94 bits per heavy atom. The fourth-order valence-electron chi connectivity index (χ4n) is 1.82. The van der Waals surface area contributed by atoms with Gasteiger partial charge >= 0.3 is 0 Å². The number of hydrogen-bond acceptors (Lipinski definition) is 3. The predicted molar refractivity (Wildman–Crippen MR) is 73.3 cm³/mol. The van der Waals surface area contributed by atoms with E-state index in [9.17, 15) is 0 Å². The molecule has 0 radical (unpaired) electrons. The van der Waals surface area contributed by atoms with Gasteiger partial charge in [0.2, 0.25) is 0 Å². The number of hydrogen-bond donors (Lipinski definition) is 1. The highest BCUT2D eigenvalue weighted by Gasteiger charge is 2.08. The fourth-order valence-corrected chi connectivity index (χ4v) is 1.82. The van der Waals surface area contributed by atoms with Crippen molar-refractivity contribution in [1.82, 2.24) is 20.1 Å². The van der Waals surface area contributed by atoms with Crippen molar-refractivity contribution in [2.24, 2.45) is 7.05 Å². The van der Waals surface area contributed by atoms with E-state index >= 15 is 0 Å². The summed E-state index contributed by atoms with van der Waals surface area (Å²) < 4.78 is 1.87. The molecule has 4 nitrogen and oxygen atoms in total. The Morgan fingerprint density at radius 1 is 1.22 bits per heavy atom. The molecular weight excluding hydrogens is 224 g/mol. The van der Waals surface area contributed by atoms with Gasteiger partial charge in [0.25, 0.3) is 0 Å². The number of rotatable bonds is 5. The third-order valence-electron chi connectivity index (χ3n) is 2.79. The summed E-state index contributed by atoms with van der Waals surface area (Å²) in [5.41, 5.74) is 1.07. The van der Waals surface area contributed by atoms with Crippen molar-refractivity contribution in [1.29, 1.82) is 0 Å². The molecule has 2 rings (SSSR count). The van der Waals surface area contributed by atoms with Crippen molar-refractivity contribution in [2.45, 2.75) is 26.3 Å². The lowest BCUT2D eigenvalue weighted by molar-refractivity contribution is 0.571. The SMILES string of the molecule is CC(C)NCCc1nc(-c2ccccc2)nn1C. The zero-order chi connectivity index (χ0) is 13.0. The van der Waals surface area contributed by atoms with Gasteiger partial charge in [-0.3, -0.25) is 4.68 Å². The van der Waals surface area contributed by atoms with Crippen LogP contribution in [0, 0.1) is 0 Å². The molecule has 18 heavy (non-hydrogen) atoms. The molecule has 0 unspecified atom stereocenters. The van der Waals surface area contributed by atoms with Crippen LogP contribution in [0.25, 0.3) is 11.4 Å². The summed E-state index contributed by atoms with van der Waals surface area (Å²) in [4.78, 5) is 4.59. The van der Waals surface area contributed by atoms with E-state index in [2.05, 4.69) is 29.2 Å². The fraction of sp³-hybridized carbons (Fsp3) is 0.429. The smallest absolute Gasteiger partial charge is 0.181 e. The van der Waals surface area contributed by atoms with Crippen LogP contribution >= 0.6 is 0 Å². The van der Waals surface area contributed by atoms with Gasteiger partial charge in [-0.1, -0.05) is 44.2 Å². The summed E-state index contributed by atoms with van der Waals surface area (Å²) in [7, 11) is 1.95. The molecule has 0 amide bonds. The van der Waals surface area contributed by atoms with E-state index in [1.54, 1.807) is 0 Å². The second-order valence-electron chi connectivity index (χ2n) is 4.70. The minimum absolute atomic E-state index is 0.506. The van der Waals surface area contributed by atoms with Gasteiger partial charge < -0.3 is 5.32 Å². The van der Waals surface area contributed by atoms with Gasteiger partial charge in [-0.15, -0.1) is 0 Å². The third kappa shape index (κ3) is 3.17. The quantitative estimate of drug-likeness (QED) is 0.875. The van der Waals surface area contributed by atoms with E-state index < -0.39 is 0 Å². The summed E-state index contributed by atoms with van der Waals surface area (Å²) in [6, 6.07) is 10.6. The molecule has 1 aromatic carbocycles. The van der Waals surface area contributed by atoms with Gasteiger partial charge in [-0.2, -0.15) is 5.10 Å². The van der Waals surface area contributed by atoms with Crippen molar-refractivity contribution in [2.75, 3.05) is 6.54 Å². The second kappa shape index (κ2) is 5.78. The molecule has 1 N–H and O–H groups in total. The minimum Gasteiger partial charge on any atom is -0.314 e. The van der Waals surface area contributed by atoms with Crippen LogP contribution in [0.5, 0.6) is 0 Å². The van der Waals surface area contributed by atoms with Gasteiger partial charge in [-0.05, 0) is 0 Å². The highest BCUT2D eigenvalue weighted by Crippen LogP contribution is 2.14. The molecule has 0 aliphatic carbocycles. The molecule has 0 bridgehead atoms. The van der Waals surface area contributed by atoms with Crippen LogP contribution in [0.2, 0.25) is 0 Å². The lowest BCUT2D eigenvalue weighted by Gasteiger charge is -2.06. The second-order valence-corrected chi connectivity index (χ2v) is 4.70. The Labute approximate surface area is 108 Å². The van der Waals surface area contributed by atoms with E-state index in [0.29, 0.717) is 6.04 Å². The monoisotopic (exact) mass is 244 g/mol. The van der Waals surface area contributed by atoms with Gasteiger partial charge in [0.1, 0.15) is 5.82 Å². The molecule has 0 aliphatic heterocycles. The first kappa shape index (κ1) is 12.8. The first-order chi connectivity index (χ1) is 8.66. The van der Waals surface area contributed by atoms with Crippen molar-refractivity contribution < 1.29 is 0 Å². The van der Waals surface area contributed by atoms with E-state index in [1.165, 1.54) is 0 Å². The van der Waals surface area contributed by atoms with Crippen LogP contribution in [0.15, 0.2) is 30.3 Å². The number of nitrogens with one attached hydrogen (secondary N) is 1. The topological polar surface area (TPSA) is 42.7 Å². The van der Waals surface area contributed by atoms with Crippen LogP contribution in [0.1, 0.15) is 19.7 Å². The highest BCUT2D eigenvalue weighted by atomic mass is 15.3. The molecule has 1 aromatic heterocycles. The zero-order valence-electron chi connectivity index (χ0n) is 11.2. The van der Waals surface area contributed by atoms with E-state index in [0.717, 1.165) is 30.2 Å². The maximum absolute atomic E-state index is 4.59. The van der Waals surface area contributed by atoms with Crippen molar-refractivity contribution in [3.05, 3.63) is 36.2 Å². The van der Waals surface area contributed by atoms with E-state index in [-0.39, 0.29) is 0 Å². The maximum atomic E-state index is 4.59. The normalized spacial score (nSPS) is 11.1. The number of aryl methyl sites for hydroxylation is 1. The summed E-state index contributed by atoms with van der Waals surface area (Å²) in [5, 5.41) is 7.85. The molecule has 4 heteroatoms. The lowest BCUT2D eigenvalue weighted by atomic mass is 10.2. The van der Waals surface area contributed by atoms with Gasteiger partial charge in [-0.25, -0.2) is 4.98 Å². The predicted octanol–water partition coefficient (Wildman–Crippen LogP) is 2.02. The van der Waals surface area contributed by atoms with Crippen LogP contribution < -0.4 is 5.32 Å². The van der Waals surface area contributed by atoms with Crippen LogP contribution in [-0.2, 0) is 13.5 Å². The summed E-state index contributed by atoms with van der Waals surface area (Å²) in [6.07, 6.45) is 0.897. The molecule has 0 fully saturated rings. The van der Waals surface area contributed by atoms with Gasteiger partial charge in [0, 0.05) is 31.6 Å². The average molecular weight is 244 g/mol. The molecule has 2 aromatic rings. The highest BCUT2D eigenvalue weighted by molar-refractivity contribution is 5.53. The number of benzene rings is 1. The average Bonchev–Trinajstić information content (AvgIpc) is 2.72. The standard InChI is InChI=1S/C14H20N4/c1-11(2)15-10-9-13-16-14(17-18(13)3)12-7-5-4-6-8-12/h4-8,11,15H,9-10H2,1-3H3. The number of aromatic nitrogens is 3.